The first-order valence-corrected chi connectivity index (χ1v) is 8.52. The first-order valence-electron chi connectivity index (χ1n) is 8.52. The number of carboxylic acid groups (broad SMARTS) is 1. The number of aryl methyl sites for hydroxylation is 2. The van der Waals surface area contributed by atoms with Crippen molar-refractivity contribution in [2.24, 2.45) is 5.41 Å². The summed E-state index contributed by atoms with van der Waals surface area (Å²) in [7, 11) is 1.47. The Hall–Kier alpha value is -2.67. The minimum Gasteiger partial charge on any atom is -0.481 e. The van der Waals surface area contributed by atoms with Crippen LogP contribution in [-0.2, 0) is 9.53 Å². The molecule has 0 aliphatic carbocycles. The van der Waals surface area contributed by atoms with E-state index in [0.717, 1.165) is 16.9 Å². The van der Waals surface area contributed by atoms with Gasteiger partial charge in [-0.3, -0.25) is 9.59 Å². The molecule has 0 bridgehead atoms. The molecule has 1 fully saturated rings. The molecule has 0 radical (unpaired) electrons. The van der Waals surface area contributed by atoms with Gasteiger partial charge in [-0.2, -0.15) is 5.10 Å². The van der Waals surface area contributed by atoms with Crippen LogP contribution in [0.25, 0.3) is 5.69 Å². The van der Waals surface area contributed by atoms with Crippen LogP contribution in [-0.4, -0.2) is 58.5 Å². The number of amides is 1. The van der Waals surface area contributed by atoms with Crippen molar-refractivity contribution in [1.29, 1.82) is 0 Å². The van der Waals surface area contributed by atoms with Gasteiger partial charge in [-0.25, -0.2) is 4.68 Å². The van der Waals surface area contributed by atoms with Gasteiger partial charge >= 0.3 is 5.97 Å². The van der Waals surface area contributed by atoms with Crippen LogP contribution in [0, 0.1) is 19.3 Å². The van der Waals surface area contributed by atoms with Gasteiger partial charge in [-0.05, 0) is 38.5 Å². The lowest BCUT2D eigenvalue weighted by Gasteiger charge is -2.23. The fourth-order valence-corrected chi connectivity index (χ4v) is 3.36. The Morgan fingerprint density at radius 1 is 1.27 bits per heavy atom. The van der Waals surface area contributed by atoms with Crippen LogP contribution in [0.4, 0.5) is 0 Å². The number of aliphatic carboxylic acids is 1. The van der Waals surface area contributed by atoms with E-state index in [9.17, 15) is 14.7 Å². The quantitative estimate of drug-likeness (QED) is 0.885. The van der Waals surface area contributed by atoms with E-state index in [1.807, 2.05) is 38.1 Å². The number of rotatable bonds is 5. The predicted octanol–water partition coefficient (Wildman–Crippen LogP) is 2.05. The molecular weight excluding hydrogens is 334 g/mol. The van der Waals surface area contributed by atoms with Gasteiger partial charge < -0.3 is 14.7 Å². The average Bonchev–Trinajstić information content (AvgIpc) is 3.20. The maximum absolute atomic E-state index is 12.8. The Morgan fingerprint density at radius 3 is 2.58 bits per heavy atom. The molecule has 3 rings (SSSR count). The van der Waals surface area contributed by atoms with Crippen molar-refractivity contribution in [2.45, 2.75) is 20.3 Å². The third-order valence-corrected chi connectivity index (χ3v) is 4.90. The van der Waals surface area contributed by atoms with E-state index in [1.54, 1.807) is 15.6 Å². The van der Waals surface area contributed by atoms with E-state index in [2.05, 4.69) is 5.10 Å². The fourth-order valence-electron chi connectivity index (χ4n) is 3.36. The highest BCUT2D eigenvalue weighted by molar-refractivity contribution is 5.93. The second-order valence-corrected chi connectivity index (χ2v) is 6.91. The summed E-state index contributed by atoms with van der Waals surface area (Å²) in [5.41, 5.74) is 2.15. The molecule has 2 heterocycles. The zero-order valence-electron chi connectivity index (χ0n) is 15.2. The number of likely N-dealkylation sites (tertiary alicyclic amines) is 1. The molecule has 1 aliphatic heterocycles. The number of carbonyl (C=O) groups is 2. The van der Waals surface area contributed by atoms with E-state index in [0.29, 0.717) is 18.7 Å². The highest BCUT2D eigenvalue weighted by Gasteiger charge is 2.46. The van der Waals surface area contributed by atoms with Crippen molar-refractivity contribution in [3.05, 3.63) is 47.3 Å². The average molecular weight is 357 g/mol. The third-order valence-electron chi connectivity index (χ3n) is 4.90. The van der Waals surface area contributed by atoms with Crippen molar-refractivity contribution in [3.8, 4) is 5.69 Å². The van der Waals surface area contributed by atoms with Crippen LogP contribution >= 0.6 is 0 Å². The van der Waals surface area contributed by atoms with Gasteiger partial charge in [0.2, 0.25) is 0 Å². The standard InChI is InChI=1S/C19H23N3O4/c1-13-4-6-15(7-5-13)22-14(2)10-16(20-22)17(23)21-9-8-19(11-21,12-26-3)18(24)25/h4-7,10H,8-9,11-12H2,1-3H3,(H,24,25). The third kappa shape index (κ3) is 3.22. The summed E-state index contributed by atoms with van der Waals surface area (Å²) in [6, 6.07) is 9.62. The zero-order valence-corrected chi connectivity index (χ0v) is 15.2. The van der Waals surface area contributed by atoms with Crippen LogP contribution in [0.3, 0.4) is 0 Å². The van der Waals surface area contributed by atoms with Crippen molar-refractivity contribution in [3.63, 3.8) is 0 Å². The van der Waals surface area contributed by atoms with Crippen LogP contribution in [0.5, 0.6) is 0 Å². The number of aromatic nitrogens is 2. The Bertz CT molecular complexity index is 828. The topological polar surface area (TPSA) is 84.7 Å². The maximum atomic E-state index is 12.8. The fraction of sp³-hybridized carbons (Fsp3) is 0.421. The summed E-state index contributed by atoms with van der Waals surface area (Å²) in [6.45, 7) is 4.50. The van der Waals surface area contributed by atoms with Gasteiger partial charge in [0.1, 0.15) is 5.41 Å². The monoisotopic (exact) mass is 357 g/mol. The van der Waals surface area contributed by atoms with Crippen LogP contribution in [0.15, 0.2) is 30.3 Å². The minimum absolute atomic E-state index is 0.0863. The summed E-state index contributed by atoms with van der Waals surface area (Å²) in [5, 5.41) is 14.0. The number of hydrogen-bond acceptors (Lipinski definition) is 4. The molecule has 0 saturated carbocycles. The minimum atomic E-state index is -1.04. The molecule has 1 aromatic heterocycles. The maximum Gasteiger partial charge on any atom is 0.313 e. The van der Waals surface area contributed by atoms with Crippen molar-refractivity contribution in [1.82, 2.24) is 14.7 Å². The van der Waals surface area contributed by atoms with Gasteiger partial charge in [0.25, 0.3) is 5.91 Å². The summed E-state index contributed by atoms with van der Waals surface area (Å²) < 4.78 is 6.80. The molecular formula is C19H23N3O4. The lowest BCUT2D eigenvalue weighted by Crippen LogP contribution is -2.40. The molecule has 26 heavy (non-hydrogen) atoms. The number of carboxylic acids is 1. The van der Waals surface area contributed by atoms with Crippen molar-refractivity contribution >= 4 is 11.9 Å². The zero-order chi connectivity index (χ0) is 18.9. The number of carbonyl (C=O) groups excluding carboxylic acids is 1. The van der Waals surface area contributed by atoms with Crippen LogP contribution in [0.1, 0.15) is 28.2 Å². The molecule has 1 N–H and O–H groups in total. The molecule has 1 aliphatic rings. The van der Waals surface area contributed by atoms with Crippen molar-refractivity contribution < 1.29 is 19.4 Å². The van der Waals surface area contributed by atoms with Gasteiger partial charge in [0.05, 0.1) is 12.3 Å². The number of nitrogens with zero attached hydrogens (tertiary/aromatic N) is 3. The normalized spacial score (nSPS) is 19.7. The van der Waals surface area contributed by atoms with Gasteiger partial charge in [0.15, 0.2) is 5.69 Å². The smallest absolute Gasteiger partial charge is 0.313 e. The molecule has 7 nitrogen and oxygen atoms in total. The summed E-state index contributed by atoms with van der Waals surface area (Å²) in [6.07, 6.45) is 0.375. The highest BCUT2D eigenvalue weighted by atomic mass is 16.5. The molecule has 1 aromatic carbocycles. The number of benzene rings is 1. The van der Waals surface area contributed by atoms with Gasteiger partial charge in [-0.15, -0.1) is 0 Å². The Balaban J connectivity index is 1.82. The number of ether oxygens (including phenoxy) is 1. The van der Waals surface area contributed by atoms with Crippen LogP contribution < -0.4 is 0 Å². The lowest BCUT2D eigenvalue weighted by molar-refractivity contribution is -0.151. The molecule has 1 saturated heterocycles. The molecule has 138 valence electrons. The second kappa shape index (κ2) is 6.92. The number of methoxy groups -OCH3 is 1. The van der Waals surface area contributed by atoms with Crippen molar-refractivity contribution in [2.75, 3.05) is 26.8 Å². The van der Waals surface area contributed by atoms with Gasteiger partial charge in [0, 0.05) is 25.9 Å². The largest absolute Gasteiger partial charge is 0.481 e. The lowest BCUT2D eigenvalue weighted by atomic mass is 9.88. The van der Waals surface area contributed by atoms with E-state index in [-0.39, 0.29) is 19.1 Å². The second-order valence-electron chi connectivity index (χ2n) is 6.91. The Kier molecular flexibility index (Phi) is 4.82. The van der Waals surface area contributed by atoms with E-state index in [4.69, 9.17) is 4.74 Å². The summed E-state index contributed by atoms with van der Waals surface area (Å²) in [4.78, 5) is 26.0. The number of hydrogen-bond donors (Lipinski definition) is 1. The highest BCUT2D eigenvalue weighted by Crippen LogP contribution is 2.32. The van der Waals surface area contributed by atoms with E-state index >= 15 is 0 Å². The predicted molar refractivity (Wildman–Crippen MR) is 95.5 cm³/mol. The van der Waals surface area contributed by atoms with Crippen LogP contribution in [0.2, 0.25) is 0 Å². The first kappa shape index (κ1) is 18.1. The SMILES string of the molecule is COCC1(C(=O)O)CCN(C(=O)c2cc(C)n(-c3ccc(C)cc3)n2)C1. The van der Waals surface area contributed by atoms with E-state index in [1.165, 1.54) is 7.11 Å². The summed E-state index contributed by atoms with van der Waals surface area (Å²) in [5.74, 6) is -1.19. The molecule has 1 amide bonds. The van der Waals surface area contributed by atoms with Gasteiger partial charge in [-0.1, -0.05) is 17.7 Å². The first-order chi connectivity index (χ1) is 12.4. The summed E-state index contributed by atoms with van der Waals surface area (Å²) >= 11 is 0. The Labute approximate surface area is 152 Å². The Morgan fingerprint density at radius 2 is 1.96 bits per heavy atom. The molecule has 7 heteroatoms. The van der Waals surface area contributed by atoms with E-state index < -0.39 is 11.4 Å². The molecule has 0 spiro atoms. The molecule has 1 unspecified atom stereocenters. The molecule has 2 aromatic rings. The molecule has 1 atom stereocenters.